The molecule has 1 spiro atoms. The van der Waals surface area contributed by atoms with Gasteiger partial charge in [-0.3, -0.25) is 0 Å². The lowest BCUT2D eigenvalue weighted by Crippen LogP contribution is -2.73. The van der Waals surface area contributed by atoms with Crippen molar-refractivity contribution in [3.63, 3.8) is 0 Å². The lowest BCUT2D eigenvalue weighted by molar-refractivity contribution is 0.756. The summed E-state index contributed by atoms with van der Waals surface area (Å²) in [5.41, 5.74) is 4.61. The third-order valence-corrected chi connectivity index (χ3v) is 57.4. The lowest BCUT2D eigenvalue weighted by atomic mass is 10.0. The van der Waals surface area contributed by atoms with Crippen molar-refractivity contribution in [3.8, 4) is 0 Å². The van der Waals surface area contributed by atoms with Crippen LogP contribution in [-0.4, -0.2) is 53.9 Å². The van der Waals surface area contributed by atoms with Gasteiger partial charge in [-0.15, -0.1) is 0 Å². The Morgan fingerprint density at radius 3 is 1.32 bits per heavy atom. The van der Waals surface area contributed by atoms with Crippen LogP contribution in [0.25, 0.3) is 21.5 Å². The summed E-state index contributed by atoms with van der Waals surface area (Å²) in [4.78, 5) is 2.04. The van der Waals surface area contributed by atoms with Gasteiger partial charge in [0.25, 0.3) is 0 Å². The van der Waals surface area contributed by atoms with Gasteiger partial charge in [0, 0.05) is 42.9 Å². The first-order chi connectivity index (χ1) is 22.8. The maximum Gasteiger partial charge on any atom is 0.205 e. The van der Waals surface area contributed by atoms with Crippen LogP contribution < -0.4 is 9.75 Å². The molecule has 268 valence electrons. The monoisotopic (exact) mass is 765 g/mol. The molecule has 2 aliphatic heterocycles. The molecule has 7 heteroatoms. The summed E-state index contributed by atoms with van der Waals surface area (Å²) in [5.74, 6) is 0. The molecule has 2 fully saturated rings. The summed E-state index contributed by atoms with van der Waals surface area (Å²) >= 11 is 0. The summed E-state index contributed by atoms with van der Waals surface area (Å²) in [6, 6.07) is 28.6. The summed E-state index contributed by atoms with van der Waals surface area (Å²) in [7, 11) is -10.8. The van der Waals surface area contributed by atoms with Crippen LogP contribution in [0.2, 0.25) is 92.2 Å². The van der Waals surface area contributed by atoms with Gasteiger partial charge in [0.15, 0.2) is 0 Å². The zero-order valence-electron chi connectivity index (χ0n) is 34.8. The first-order valence-electron chi connectivity index (χ1n) is 19.4. The summed E-state index contributed by atoms with van der Waals surface area (Å²) in [6.45, 7) is 46.8. The Morgan fingerprint density at radius 2 is 0.960 bits per heavy atom. The molecule has 50 heavy (non-hydrogen) atoms. The number of anilines is 1. The van der Waals surface area contributed by atoms with Gasteiger partial charge in [-0.2, -0.15) is 0 Å². The van der Waals surface area contributed by atoms with E-state index in [1.54, 1.807) is 10.9 Å². The molecule has 0 amide bonds. The fourth-order valence-electron chi connectivity index (χ4n) is 12.9. The lowest BCUT2D eigenvalue weighted by Gasteiger charge is -2.60. The molecule has 2 saturated heterocycles. The van der Waals surface area contributed by atoms with Gasteiger partial charge in [-0.05, 0) is 71.4 Å². The fraction of sp³-hybridized carbons (Fsp3) is 0.512. The van der Waals surface area contributed by atoms with Crippen LogP contribution in [0.5, 0.6) is 0 Å². The SMILES string of the molecule is Cc1cccc(C)c1N1/C(=[Si](\c2c3ccccc3cc3ccccc23)C(C)(C)C)[Si]12C([Si](C)(C)C)([Si](C)(C)C)CCC2([Si](C)(C)C)[Si](C)(C)C. The molecule has 2 heterocycles. The van der Waals surface area contributed by atoms with E-state index in [0.717, 1.165) is 0 Å². The Balaban J connectivity index is 2.02. The molecule has 0 saturated carbocycles. The quantitative estimate of drug-likeness (QED) is 0.107. The second kappa shape index (κ2) is 11.7. The highest BCUT2D eigenvalue weighted by Gasteiger charge is 2.91. The molecule has 0 radical (unpaired) electrons. The molecule has 0 unspecified atom stereocenters. The molecule has 0 aromatic heterocycles. The Labute approximate surface area is 312 Å². The standard InChI is InChI=1S/C43H67NSi6/c1-32-23-22-24-33(2)38(32)44-40(45(41(3,4)5)39-36-27-20-18-25-34(36)31-35-26-19-21-28-37(35)39)50(44)42(46(6,7)8,47(9,10)11)29-30-43(50,48(12,13)14)49(15,16)17/h18-28,31H,29-30H2,1-17H3/b45-40-. The van der Waals surface area contributed by atoms with E-state index in [4.69, 9.17) is 0 Å². The largest absolute Gasteiger partial charge is 0.371 e. The number of aryl methyl sites for hydroxylation is 2. The van der Waals surface area contributed by atoms with E-state index in [1.165, 1.54) is 45.5 Å². The topological polar surface area (TPSA) is 3.01 Å². The third kappa shape index (κ3) is 4.91. The van der Waals surface area contributed by atoms with E-state index in [2.05, 4.69) is 191 Å². The van der Waals surface area contributed by atoms with Crippen LogP contribution in [0.1, 0.15) is 44.7 Å². The highest BCUT2D eigenvalue weighted by molar-refractivity contribution is 7.52. The zero-order valence-corrected chi connectivity index (χ0v) is 40.8. The van der Waals surface area contributed by atoms with Gasteiger partial charge in [-0.25, -0.2) is 0 Å². The van der Waals surface area contributed by atoms with Crippen LogP contribution in [0.15, 0.2) is 72.8 Å². The normalized spacial score (nSPS) is 20.2. The van der Waals surface area contributed by atoms with Crippen LogP contribution in [0.4, 0.5) is 5.69 Å². The Hall–Kier alpha value is -1.63. The maximum atomic E-state index is 3.35. The predicted molar refractivity (Wildman–Crippen MR) is 244 cm³/mol. The van der Waals surface area contributed by atoms with Gasteiger partial charge in [0.05, 0.1) is 8.41 Å². The summed E-state index contributed by atoms with van der Waals surface area (Å²) in [6.07, 6.45) is 2.94. The van der Waals surface area contributed by atoms with E-state index in [0.29, 0.717) is 8.57 Å². The van der Waals surface area contributed by atoms with Gasteiger partial charge < -0.3 is 4.57 Å². The maximum absolute atomic E-state index is 3.35. The molecule has 0 aliphatic carbocycles. The zero-order chi connectivity index (χ0) is 37.3. The van der Waals surface area contributed by atoms with Crippen molar-refractivity contribution in [2.24, 2.45) is 0 Å². The number of hydrogen-bond acceptors (Lipinski definition) is 1. The van der Waals surface area contributed by atoms with Crippen molar-refractivity contribution in [3.05, 3.63) is 83.9 Å². The van der Waals surface area contributed by atoms with Gasteiger partial charge in [0.2, 0.25) is 8.24 Å². The molecule has 6 rings (SSSR count). The van der Waals surface area contributed by atoms with Crippen molar-refractivity contribution >= 4 is 86.3 Å². The van der Waals surface area contributed by atoms with Crippen LogP contribution >= 0.6 is 0 Å². The second-order valence-corrected chi connectivity index (χ2v) is 53.5. The average Bonchev–Trinajstić information content (AvgIpc) is 3.42. The number of fused-ring (bicyclic) bond motifs is 2. The fourth-order valence-corrected chi connectivity index (χ4v) is 73.3. The van der Waals surface area contributed by atoms with Gasteiger partial charge in [0.1, 0.15) is 0 Å². The van der Waals surface area contributed by atoms with Crippen molar-refractivity contribution in [1.29, 1.82) is 0 Å². The number of para-hydroxylation sites is 1. The molecular formula is C43H67NSi6. The van der Waals surface area contributed by atoms with E-state index in [9.17, 15) is 0 Å². The predicted octanol–water partition coefficient (Wildman–Crippen LogP) is 12.6. The van der Waals surface area contributed by atoms with Crippen LogP contribution in [0, 0.1) is 13.8 Å². The van der Waals surface area contributed by atoms with Crippen molar-refractivity contribution in [2.75, 3.05) is 4.57 Å². The Bertz CT molecular complexity index is 1880. The molecule has 2 aliphatic rings. The molecule has 0 N–H and O–H groups in total. The minimum atomic E-state index is -2.44. The molecular weight excluding hydrogens is 699 g/mol. The summed E-state index contributed by atoms with van der Waals surface area (Å²) < 4.78 is 4.30. The van der Waals surface area contributed by atoms with Crippen LogP contribution in [0.3, 0.4) is 0 Å². The van der Waals surface area contributed by atoms with Gasteiger partial charge >= 0.3 is 0 Å². The smallest absolute Gasteiger partial charge is 0.205 e. The van der Waals surface area contributed by atoms with E-state index >= 15 is 0 Å². The number of nitrogens with zero attached hydrogens (tertiary/aromatic N) is 1. The van der Waals surface area contributed by atoms with Crippen molar-refractivity contribution in [2.45, 2.75) is 140 Å². The van der Waals surface area contributed by atoms with Crippen molar-refractivity contribution in [1.82, 2.24) is 0 Å². The highest BCUT2D eigenvalue weighted by atomic mass is 28.5. The Morgan fingerprint density at radius 1 is 0.580 bits per heavy atom. The molecule has 1 nitrogen and oxygen atoms in total. The minimum Gasteiger partial charge on any atom is -0.371 e. The number of rotatable bonds is 6. The number of benzene rings is 4. The van der Waals surface area contributed by atoms with E-state index in [1.807, 2.05) is 4.92 Å². The van der Waals surface area contributed by atoms with Crippen LogP contribution in [-0.2, 0) is 0 Å². The summed E-state index contributed by atoms with van der Waals surface area (Å²) in [5, 5.41) is 7.69. The average molecular weight is 767 g/mol. The molecule has 0 bridgehead atoms. The molecule has 0 atom stereocenters. The molecule has 4 aromatic rings. The minimum absolute atomic E-state index is 0.135. The first kappa shape index (κ1) is 38.1. The third-order valence-electron chi connectivity index (χ3n) is 13.8. The van der Waals surface area contributed by atoms with Gasteiger partial charge in [-0.1, -0.05) is 179 Å². The second-order valence-electron chi connectivity index (χ2n) is 21.3. The molecule has 4 aromatic carbocycles. The highest BCUT2D eigenvalue weighted by Crippen LogP contribution is 2.82. The first-order valence-corrected chi connectivity index (χ1v) is 36.8. The van der Waals surface area contributed by atoms with E-state index < -0.39 is 48.9 Å². The van der Waals surface area contributed by atoms with Crippen molar-refractivity contribution < 1.29 is 0 Å². The van der Waals surface area contributed by atoms with E-state index in [-0.39, 0.29) is 5.04 Å². The number of hydrogen-bond donors (Lipinski definition) is 0. The Kier molecular flexibility index (Phi) is 8.90.